The first-order valence-electron chi connectivity index (χ1n) is 11.9. The molecule has 0 spiro atoms. The Labute approximate surface area is 214 Å². The predicted octanol–water partition coefficient (Wildman–Crippen LogP) is 5.18. The van der Waals surface area contributed by atoms with Crippen molar-refractivity contribution in [2.24, 2.45) is 0 Å². The van der Waals surface area contributed by atoms with E-state index in [0.717, 1.165) is 67.8 Å². The monoisotopic (exact) mass is 541 g/mol. The molecular weight excluding hydrogens is 516 g/mol. The number of aromatic nitrogens is 2. The number of piperazine rings is 1. The van der Waals surface area contributed by atoms with Gasteiger partial charge in [-0.2, -0.15) is 26.3 Å². The topological polar surface area (TPSA) is 81.6 Å². The first kappa shape index (κ1) is 27.4. The van der Waals surface area contributed by atoms with Gasteiger partial charge in [0.1, 0.15) is 0 Å². The Bertz CT molecular complexity index is 1270. The molecule has 3 aromatic rings. The van der Waals surface area contributed by atoms with Crippen LogP contribution in [-0.4, -0.2) is 64.3 Å². The molecule has 7 nitrogen and oxygen atoms in total. The molecule has 1 saturated carbocycles. The molecule has 2 heterocycles. The Morgan fingerprint density at radius 1 is 0.921 bits per heavy atom. The summed E-state index contributed by atoms with van der Waals surface area (Å²) in [7, 11) is 0. The van der Waals surface area contributed by atoms with Crippen molar-refractivity contribution < 1.29 is 36.2 Å². The van der Waals surface area contributed by atoms with Gasteiger partial charge in [-0.25, -0.2) is 14.8 Å². The summed E-state index contributed by atoms with van der Waals surface area (Å²) in [6.45, 7) is 3.53. The van der Waals surface area contributed by atoms with Crippen LogP contribution in [-0.2, 0) is 17.5 Å². The fourth-order valence-corrected chi connectivity index (χ4v) is 3.95. The molecule has 0 radical (unpaired) electrons. The second kappa shape index (κ2) is 11.0. The molecule has 2 aliphatic rings. The number of carbonyl (C=O) groups is 1. The van der Waals surface area contributed by atoms with Crippen LogP contribution in [0.4, 0.5) is 38.0 Å². The van der Waals surface area contributed by atoms with E-state index in [9.17, 15) is 26.3 Å². The number of alkyl halides is 6. The van der Waals surface area contributed by atoms with E-state index < -0.39 is 23.9 Å². The van der Waals surface area contributed by atoms with Crippen LogP contribution in [0.1, 0.15) is 24.0 Å². The Hall–Kier alpha value is -3.61. The fraction of sp³-hybridized carbons (Fsp3) is 0.400. The van der Waals surface area contributed by atoms with E-state index in [1.807, 2.05) is 24.3 Å². The third kappa shape index (κ3) is 7.24. The van der Waals surface area contributed by atoms with Gasteiger partial charge in [0, 0.05) is 38.8 Å². The zero-order chi connectivity index (χ0) is 27.5. The number of rotatable bonds is 5. The first-order valence-corrected chi connectivity index (χ1v) is 11.9. The summed E-state index contributed by atoms with van der Waals surface area (Å²) >= 11 is 0. The molecule has 1 aliphatic heterocycles. The summed E-state index contributed by atoms with van der Waals surface area (Å²) in [5.41, 5.74) is 1.83. The largest absolute Gasteiger partial charge is 0.490 e. The number of benzene rings is 2. The van der Waals surface area contributed by atoms with Gasteiger partial charge < -0.3 is 15.3 Å². The van der Waals surface area contributed by atoms with Crippen LogP contribution in [0.25, 0.3) is 11.0 Å². The third-order valence-corrected chi connectivity index (χ3v) is 6.05. The average molecular weight is 541 g/mol. The number of carboxylic acid groups (broad SMARTS) is 1. The smallest absolute Gasteiger partial charge is 0.475 e. The number of carboxylic acids is 1. The number of nitrogens with one attached hydrogen (secondary N) is 1. The summed E-state index contributed by atoms with van der Waals surface area (Å²) in [6.07, 6.45) is -7.09. The number of hydrogen-bond acceptors (Lipinski definition) is 6. The molecule has 0 atom stereocenters. The molecular formula is C25H25F6N5O2. The lowest BCUT2D eigenvalue weighted by Gasteiger charge is -2.36. The number of halogens is 6. The Morgan fingerprint density at radius 2 is 1.53 bits per heavy atom. The quantitative estimate of drug-likeness (QED) is 0.431. The summed E-state index contributed by atoms with van der Waals surface area (Å²) < 4.78 is 70.7. The minimum Gasteiger partial charge on any atom is -0.475 e. The van der Waals surface area contributed by atoms with Crippen LogP contribution >= 0.6 is 0 Å². The van der Waals surface area contributed by atoms with Crippen molar-refractivity contribution in [3.63, 3.8) is 0 Å². The zero-order valence-electron chi connectivity index (χ0n) is 20.1. The van der Waals surface area contributed by atoms with Gasteiger partial charge >= 0.3 is 18.3 Å². The summed E-state index contributed by atoms with van der Waals surface area (Å²) in [6, 6.07) is 13.9. The van der Waals surface area contributed by atoms with E-state index in [0.29, 0.717) is 18.2 Å². The number of anilines is 2. The molecule has 1 aliphatic carbocycles. The van der Waals surface area contributed by atoms with Gasteiger partial charge in [0.15, 0.2) is 11.6 Å². The fourth-order valence-electron chi connectivity index (χ4n) is 3.95. The van der Waals surface area contributed by atoms with Crippen molar-refractivity contribution in [3.8, 4) is 0 Å². The highest BCUT2D eigenvalue weighted by molar-refractivity contribution is 5.80. The number of hydrogen-bond donors (Lipinski definition) is 2. The number of nitrogens with zero attached hydrogens (tertiary/aromatic N) is 4. The number of fused-ring (bicyclic) bond motifs is 1. The maximum atomic E-state index is 13.0. The molecule has 0 unspecified atom stereocenters. The lowest BCUT2D eigenvalue weighted by atomic mass is 10.1. The van der Waals surface area contributed by atoms with Gasteiger partial charge in [0.05, 0.1) is 16.6 Å². The SMILES string of the molecule is FC(F)(F)c1cccc(CN2CCN(c3nc4ccccc4nc3NC3CC3)CC2)c1.O=C(O)C(F)(F)F. The second-order valence-electron chi connectivity index (χ2n) is 9.07. The average Bonchev–Trinajstić information content (AvgIpc) is 3.68. The van der Waals surface area contributed by atoms with Gasteiger partial charge in [-0.05, 0) is 36.6 Å². The van der Waals surface area contributed by atoms with Gasteiger partial charge in [0.25, 0.3) is 0 Å². The van der Waals surface area contributed by atoms with Crippen molar-refractivity contribution in [2.75, 3.05) is 36.4 Å². The van der Waals surface area contributed by atoms with E-state index in [-0.39, 0.29) is 0 Å². The number of aliphatic carboxylic acids is 1. The Morgan fingerprint density at radius 3 is 2.08 bits per heavy atom. The maximum Gasteiger partial charge on any atom is 0.490 e. The highest BCUT2D eigenvalue weighted by Crippen LogP contribution is 2.32. The van der Waals surface area contributed by atoms with E-state index in [1.54, 1.807) is 6.07 Å². The Kier molecular flexibility index (Phi) is 7.95. The lowest BCUT2D eigenvalue weighted by molar-refractivity contribution is -0.192. The van der Waals surface area contributed by atoms with Gasteiger partial charge in [0.2, 0.25) is 0 Å². The molecule has 2 aromatic carbocycles. The molecule has 5 rings (SSSR count). The lowest BCUT2D eigenvalue weighted by Crippen LogP contribution is -2.46. The summed E-state index contributed by atoms with van der Waals surface area (Å²) in [5, 5.41) is 10.6. The van der Waals surface area contributed by atoms with E-state index in [4.69, 9.17) is 19.9 Å². The van der Waals surface area contributed by atoms with Crippen LogP contribution in [0, 0.1) is 0 Å². The molecule has 204 valence electrons. The molecule has 13 heteroatoms. The van der Waals surface area contributed by atoms with E-state index in [2.05, 4.69) is 15.1 Å². The summed E-state index contributed by atoms with van der Waals surface area (Å²) in [5.74, 6) is -1.07. The van der Waals surface area contributed by atoms with Crippen LogP contribution in [0.3, 0.4) is 0 Å². The molecule has 2 fully saturated rings. The molecule has 2 N–H and O–H groups in total. The van der Waals surface area contributed by atoms with Crippen molar-refractivity contribution in [1.82, 2.24) is 14.9 Å². The van der Waals surface area contributed by atoms with Crippen LogP contribution < -0.4 is 10.2 Å². The van der Waals surface area contributed by atoms with Gasteiger partial charge in [-0.3, -0.25) is 4.90 Å². The maximum absolute atomic E-state index is 13.0. The Balaban J connectivity index is 0.000000426. The highest BCUT2D eigenvalue weighted by Gasteiger charge is 2.38. The van der Waals surface area contributed by atoms with Crippen molar-refractivity contribution in [2.45, 2.75) is 37.8 Å². The minimum absolute atomic E-state index is 0.469. The van der Waals surface area contributed by atoms with E-state index in [1.165, 1.54) is 12.1 Å². The second-order valence-corrected chi connectivity index (χ2v) is 9.07. The summed E-state index contributed by atoms with van der Waals surface area (Å²) in [4.78, 5) is 23.0. The van der Waals surface area contributed by atoms with Crippen molar-refractivity contribution in [1.29, 1.82) is 0 Å². The minimum atomic E-state index is -5.08. The molecule has 1 aromatic heterocycles. The van der Waals surface area contributed by atoms with Crippen molar-refractivity contribution >= 4 is 28.6 Å². The zero-order valence-corrected chi connectivity index (χ0v) is 20.1. The number of para-hydroxylation sites is 2. The first-order chi connectivity index (χ1) is 17.9. The van der Waals surface area contributed by atoms with Crippen LogP contribution in [0.15, 0.2) is 48.5 Å². The van der Waals surface area contributed by atoms with Gasteiger partial charge in [-0.15, -0.1) is 0 Å². The predicted molar refractivity (Wildman–Crippen MR) is 129 cm³/mol. The molecule has 1 saturated heterocycles. The van der Waals surface area contributed by atoms with Crippen molar-refractivity contribution in [3.05, 3.63) is 59.7 Å². The van der Waals surface area contributed by atoms with E-state index >= 15 is 0 Å². The standard InChI is InChI=1S/C23H24F3N5.C2HF3O2/c24-23(25,26)17-5-3-4-16(14-17)15-30-10-12-31(13-11-30)22-21(27-18-8-9-18)28-19-6-1-2-7-20(19)29-22;3-2(4,5)1(6)7/h1-7,14,18H,8-13,15H2,(H,27,28);(H,6,7). The van der Waals surface area contributed by atoms with Crippen LogP contribution in [0.2, 0.25) is 0 Å². The third-order valence-electron chi connectivity index (χ3n) is 6.05. The normalized spacial score (nSPS) is 16.6. The highest BCUT2D eigenvalue weighted by atomic mass is 19.4. The molecule has 0 bridgehead atoms. The molecule has 38 heavy (non-hydrogen) atoms. The molecule has 0 amide bonds. The van der Waals surface area contributed by atoms with Crippen LogP contribution in [0.5, 0.6) is 0 Å². The van der Waals surface area contributed by atoms with Gasteiger partial charge in [-0.1, -0.05) is 30.3 Å².